The summed E-state index contributed by atoms with van der Waals surface area (Å²) < 4.78 is 55.0. The summed E-state index contributed by atoms with van der Waals surface area (Å²) in [7, 11) is 0. The molecule has 0 saturated carbocycles. The second-order valence-corrected chi connectivity index (χ2v) is 7.50. The molecule has 13 heteroatoms. The predicted octanol–water partition coefficient (Wildman–Crippen LogP) is 4.93. The summed E-state index contributed by atoms with van der Waals surface area (Å²) in [5, 5.41) is 18.0. The van der Waals surface area contributed by atoms with Crippen molar-refractivity contribution >= 4 is 40.3 Å². The van der Waals surface area contributed by atoms with Crippen LogP contribution < -0.4 is 16.4 Å². The van der Waals surface area contributed by atoms with Crippen molar-refractivity contribution in [1.29, 1.82) is 0 Å². The van der Waals surface area contributed by atoms with E-state index in [4.69, 9.17) is 17.3 Å². The van der Waals surface area contributed by atoms with E-state index < -0.39 is 23.6 Å². The number of carbonyl (C=O) groups is 1. The van der Waals surface area contributed by atoms with Crippen LogP contribution in [0.3, 0.4) is 0 Å². The number of aliphatic hydroxyl groups excluding tert-OH is 1. The molecular formula is C21H15ClF4N6O2. The van der Waals surface area contributed by atoms with Crippen LogP contribution in [0.5, 0.6) is 0 Å². The van der Waals surface area contributed by atoms with Gasteiger partial charge < -0.3 is 21.5 Å². The zero-order valence-electron chi connectivity index (χ0n) is 17.0. The molecule has 0 aliphatic heterocycles. The standard InChI is InChI=1S/C21H15ClF4N6O2/c22-13-3-2-12(21(24,25)26)6-16(13)31-20(34)30-15-4-1-10(5-14(15)23)17-11(8-33)7-32-18(17)19(27)28-9-29-32/h1-7,9,33H,8H2,(H2,27,28,29)(H2,30,31,34). The van der Waals surface area contributed by atoms with Crippen LogP contribution in [0.15, 0.2) is 48.9 Å². The molecule has 2 heterocycles. The van der Waals surface area contributed by atoms with Gasteiger partial charge in [-0.15, -0.1) is 0 Å². The third kappa shape index (κ3) is 4.45. The Morgan fingerprint density at radius 1 is 1.15 bits per heavy atom. The molecule has 34 heavy (non-hydrogen) atoms. The molecule has 0 radical (unpaired) electrons. The number of hydrogen-bond acceptors (Lipinski definition) is 5. The molecule has 0 unspecified atom stereocenters. The van der Waals surface area contributed by atoms with Crippen LogP contribution in [-0.2, 0) is 12.8 Å². The van der Waals surface area contributed by atoms with Crippen molar-refractivity contribution in [3.63, 3.8) is 0 Å². The highest BCUT2D eigenvalue weighted by Gasteiger charge is 2.31. The molecule has 0 atom stereocenters. The van der Waals surface area contributed by atoms with Crippen LogP contribution in [-0.4, -0.2) is 25.7 Å². The van der Waals surface area contributed by atoms with Gasteiger partial charge in [0.1, 0.15) is 17.7 Å². The predicted molar refractivity (Wildman–Crippen MR) is 118 cm³/mol. The fourth-order valence-electron chi connectivity index (χ4n) is 3.37. The van der Waals surface area contributed by atoms with E-state index in [0.717, 1.165) is 18.2 Å². The Bertz CT molecular complexity index is 1410. The number of fused-ring (bicyclic) bond motifs is 1. The van der Waals surface area contributed by atoms with Crippen molar-refractivity contribution in [2.45, 2.75) is 12.8 Å². The van der Waals surface area contributed by atoms with Gasteiger partial charge in [-0.2, -0.15) is 18.3 Å². The Morgan fingerprint density at radius 3 is 2.56 bits per heavy atom. The maximum absolute atomic E-state index is 14.8. The molecule has 2 amide bonds. The molecular weight excluding hydrogens is 480 g/mol. The minimum absolute atomic E-state index is 0.115. The second-order valence-electron chi connectivity index (χ2n) is 7.09. The number of carbonyl (C=O) groups excluding carboxylic acids is 1. The van der Waals surface area contributed by atoms with E-state index in [1.165, 1.54) is 29.2 Å². The Labute approximate surface area is 194 Å². The first-order chi connectivity index (χ1) is 16.1. The van der Waals surface area contributed by atoms with Gasteiger partial charge in [-0.25, -0.2) is 18.7 Å². The average molecular weight is 495 g/mol. The molecule has 8 nitrogen and oxygen atoms in total. The maximum atomic E-state index is 14.8. The molecule has 2 aromatic heterocycles. The number of rotatable bonds is 4. The van der Waals surface area contributed by atoms with Crippen LogP contribution >= 0.6 is 11.6 Å². The van der Waals surface area contributed by atoms with Crippen molar-refractivity contribution in [1.82, 2.24) is 14.6 Å². The number of hydrogen-bond donors (Lipinski definition) is 4. The van der Waals surface area contributed by atoms with Crippen LogP contribution in [0.4, 0.5) is 39.5 Å². The minimum Gasteiger partial charge on any atom is -0.392 e. The van der Waals surface area contributed by atoms with Gasteiger partial charge in [0.05, 0.1) is 28.6 Å². The highest BCUT2D eigenvalue weighted by molar-refractivity contribution is 6.33. The van der Waals surface area contributed by atoms with Crippen LogP contribution in [0.2, 0.25) is 5.02 Å². The number of urea groups is 1. The van der Waals surface area contributed by atoms with Crippen molar-refractivity contribution in [3.8, 4) is 11.1 Å². The fraction of sp³-hybridized carbons (Fsp3) is 0.0952. The molecule has 4 rings (SSSR count). The Balaban J connectivity index is 1.60. The van der Waals surface area contributed by atoms with Gasteiger partial charge in [-0.1, -0.05) is 17.7 Å². The van der Waals surface area contributed by atoms with Gasteiger partial charge in [-0.3, -0.25) is 0 Å². The summed E-state index contributed by atoms with van der Waals surface area (Å²) in [6, 6.07) is 5.26. The number of nitrogens with one attached hydrogen (secondary N) is 2. The molecule has 2 aromatic carbocycles. The third-order valence-electron chi connectivity index (χ3n) is 4.90. The Kier molecular flexibility index (Phi) is 6.02. The van der Waals surface area contributed by atoms with Gasteiger partial charge in [0.25, 0.3) is 0 Å². The largest absolute Gasteiger partial charge is 0.416 e. The first kappa shape index (κ1) is 23.3. The Hall–Kier alpha value is -3.90. The number of aromatic nitrogens is 3. The van der Waals surface area contributed by atoms with Crippen LogP contribution in [0.25, 0.3) is 16.6 Å². The highest BCUT2D eigenvalue weighted by atomic mass is 35.5. The van der Waals surface area contributed by atoms with Crippen molar-refractivity contribution in [2.24, 2.45) is 0 Å². The van der Waals surface area contributed by atoms with E-state index >= 15 is 0 Å². The molecule has 5 N–H and O–H groups in total. The molecule has 0 aliphatic rings. The first-order valence-corrected chi connectivity index (χ1v) is 9.92. The van der Waals surface area contributed by atoms with Gasteiger partial charge >= 0.3 is 12.2 Å². The molecule has 0 saturated heterocycles. The highest BCUT2D eigenvalue weighted by Crippen LogP contribution is 2.35. The second kappa shape index (κ2) is 8.80. The van der Waals surface area contributed by atoms with Gasteiger partial charge in [0.2, 0.25) is 0 Å². The third-order valence-corrected chi connectivity index (χ3v) is 5.23. The van der Waals surface area contributed by atoms with Gasteiger partial charge in [-0.05, 0) is 35.9 Å². The first-order valence-electron chi connectivity index (χ1n) is 9.54. The lowest BCUT2D eigenvalue weighted by Crippen LogP contribution is -2.20. The van der Waals surface area contributed by atoms with Gasteiger partial charge in [0.15, 0.2) is 5.82 Å². The summed E-state index contributed by atoms with van der Waals surface area (Å²) in [6.07, 6.45) is -1.88. The van der Waals surface area contributed by atoms with E-state index in [1.807, 2.05) is 0 Å². The zero-order valence-corrected chi connectivity index (χ0v) is 17.7. The SMILES string of the molecule is Nc1ncnn2cc(CO)c(-c3ccc(NC(=O)Nc4cc(C(F)(F)F)ccc4Cl)c(F)c3)c12. The normalized spacial score (nSPS) is 11.6. The summed E-state index contributed by atoms with van der Waals surface area (Å²) >= 11 is 5.86. The molecule has 0 aliphatic carbocycles. The van der Waals surface area contributed by atoms with E-state index in [-0.39, 0.29) is 28.8 Å². The number of anilines is 3. The van der Waals surface area contributed by atoms with E-state index in [1.54, 1.807) is 0 Å². The van der Waals surface area contributed by atoms with Gasteiger partial charge in [0, 0.05) is 17.3 Å². The Morgan fingerprint density at radius 2 is 1.88 bits per heavy atom. The number of amides is 2. The zero-order chi connectivity index (χ0) is 24.6. The topological polar surface area (TPSA) is 118 Å². The van der Waals surface area contributed by atoms with E-state index in [9.17, 15) is 27.5 Å². The van der Waals surface area contributed by atoms with Crippen molar-refractivity contribution in [2.75, 3.05) is 16.4 Å². The monoisotopic (exact) mass is 494 g/mol. The summed E-state index contributed by atoms with van der Waals surface area (Å²) in [6.45, 7) is -0.375. The number of benzene rings is 2. The van der Waals surface area contributed by atoms with E-state index in [0.29, 0.717) is 28.3 Å². The smallest absolute Gasteiger partial charge is 0.392 e. The fourth-order valence-corrected chi connectivity index (χ4v) is 3.54. The quantitative estimate of drug-likeness (QED) is 0.300. The molecule has 0 spiro atoms. The van der Waals surface area contributed by atoms with Crippen molar-refractivity contribution in [3.05, 3.63) is 70.9 Å². The van der Waals surface area contributed by atoms with Crippen LogP contribution in [0.1, 0.15) is 11.1 Å². The number of nitrogens with two attached hydrogens (primary N) is 1. The number of halogens is 5. The number of aliphatic hydroxyl groups is 1. The lowest BCUT2D eigenvalue weighted by molar-refractivity contribution is -0.137. The summed E-state index contributed by atoms with van der Waals surface area (Å²) in [4.78, 5) is 16.2. The minimum atomic E-state index is -4.63. The number of nitrogen functional groups attached to an aromatic ring is 1. The maximum Gasteiger partial charge on any atom is 0.416 e. The molecule has 0 bridgehead atoms. The average Bonchev–Trinajstić information content (AvgIpc) is 3.16. The molecule has 4 aromatic rings. The van der Waals surface area contributed by atoms with Crippen LogP contribution in [0, 0.1) is 5.82 Å². The molecule has 176 valence electrons. The number of alkyl halides is 3. The van der Waals surface area contributed by atoms with Crippen molar-refractivity contribution < 1.29 is 27.5 Å². The van der Waals surface area contributed by atoms with E-state index in [2.05, 4.69) is 20.7 Å². The summed E-state index contributed by atoms with van der Waals surface area (Å²) in [5.74, 6) is -0.730. The summed E-state index contributed by atoms with van der Waals surface area (Å²) in [5.41, 5.74) is 5.90. The lowest BCUT2D eigenvalue weighted by atomic mass is 10.0. The lowest BCUT2D eigenvalue weighted by Gasteiger charge is -2.13. The number of nitrogens with zero attached hydrogens (tertiary/aromatic N) is 3. The molecule has 0 fully saturated rings.